The number of carbonyl (C=O) groups is 1. The van der Waals surface area contributed by atoms with E-state index in [4.69, 9.17) is 11.6 Å². The van der Waals surface area contributed by atoms with Crippen molar-refractivity contribution in [2.45, 2.75) is 6.54 Å². The quantitative estimate of drug-likeness (QED) is 0.560. The third-order valence-electron chi connectivity index (χ3n) is 3.14. The first-order valence-corrected chi connectivity index (χ1v) is 7.60. The molecule has 0 aliphatic carbocycles. The summed E-state index contributed by atoms with van der Waals surface area (Å²) in [5.74, 6) is -0.481. The Morgan fingerprint density at radius 2 is 2.00 bits per heavy atom. The van der Waals surface area contributed by atoms with Crippen molar-refractivity contribution in [1.82, 2.24) is 25.6 Å². The number of carbonyl (C=O) groups excluding carboxylic acids is 1. The van der Waals surface area contributed by atoms with Crippen LogP contribution in [-0.4, -0.2) is 32.3 Å². The minimum Gasteiger partial charge on any atom is -0.271 e. The molecule has 3 rings (SSSR count). The van der Waals surface area contributed by atoms with Crippen LogP contribution in [0.2, 0.25) is 5.02 Å². The lowest BCUT2D eigenvalue weighted by Gasteiger charge is -1.99. The number of hydrazone groups is 1. The molecule has 0 atom stereocenters. The molecule has 1 aromatic heterocycles. The van der Waals surface area contributed by atoms with E-state index < -0.39 is 5.91 Å². The maximum absolute atomic E-state index is 12.9. The summed E-state index contributed by atoms with van der Waals surface area (Å²) in [6.45, 7) is -0.159. The van der Waals surface area contributed by atoms with Gasteiger partial charge in [0.25, 0.3) is 5.91 Å². The van der Waals surface area contributed by atoms with Crippen molar-refractivity contribution in [2.24, 2.45) is 5.10 Å². The summed E-state index contributed by atoms with van der Waals surface area (Å²) in [6, 6.07) is 12.8. The monoisotopic (exact) mass is 358 g/mol. The van der Waals surface area contributed by atoms with Crippen molar-refractivity contribution in [2.75, 3.05) is 0 Å². The Hall–Kier alpha value is -3.13. The number of amides is 1. The molecule has 25 heavy (non-hydrogen) atoms. The van der Waals surface area contributed by atoms with Crippen molar-refractivity contribution in [3.05, 3.63) is 64.9 Å². The SMILES string of the molecule is O=C(Cn1nnc(-c2ccc(F)cc2)n1)N/N=C\c1ccccc1Cl. The lowest BCUT2D eigenvalue weighted by molar-refractivity contribution is -0.122. The number of benzene rings is 2. The molecule has 0 fully saturated rings. The second-order valence-corrected chi connectivity index (χ2v) is 5.37. The Bertz CT molecular complexity index is 909. The summed E-state index contributed by atoms with van der Waals surface area (Å²) in [4.78, 5) is 13.0. The van der Waals surface area contributed by atoms with E-state index in [1.54, 1.807) is 18.2 Å². The van der Waals surface area contributed by atoms with Crippen LogP contribution in [0.3, 0.4) is 0 Å². The summed E-state index contributed by atoms with van der Waals surface area (Å²) in [7, 11) is 0. The molecule has 2 aromatic carbocycles. The fourth-order valence-corrected chi connectivity index (χ4v) is 2.13. The highest BCUT2D eigenvalue weighted by molar-refractivity contribution is 6.33. The van der Waals surface area contributed by atoms with Crippen molar-refractivity contribution >= 4 is 23.7 Å². The molecular weight excluding hydrogens is 347 g/mol. The molecule has 1 heterocycles. The highest BCUT2D eigenvalue weighted by atomic mass is 35.5. The number of tetrazole rings is 1. The molecule has 0 bridgehead atoms. The zero-order chi connectivity index (χ0) is 17.6. The van der Waals surface area contributed by atoms with E-state index in [1.807, 2.05) is 6.07 Å². The standard InChI is InChI=1S/C16H12ClFN6O/c17-14-4-2-1-3-12(14)9-19-20-15(25)10-24-22-16(21-23-24)11-5-7-13(18)8-6-11/h1-9H,10H2,(H,20,25)/b19-9-. The minimum atomic E-state index is -0.425. The Morgan fingerprint density at radius 1 is 1.24 bits per heavy atom. The van der Waals surface area contributed by atoms with Gasteiger partial charge in [0.05, 0.1) is 6.21 Å². The van der Waals surface area contributed by atoms with Gasteiger partial charge >= 0.3 is 0 Å². The average molecular weight is 359 g/mol. The highest BCUT2D eigenvalue weighted by Gasteiger charge is 2.09. The molecule has 3 aromatic rings. The van der Waals surface area contributed by atoms with Gasteiger partial charge in [0, 0.05) is 16.1 Å². The zero-order valence-electron chi connectivity index (χ0n) is 12.8. The molecule has 1 amide bonds. The first-order valence-electron chi connectivity index (χ1n) is 7.22. The molecule has 7 nitrogen and oxygen atoms in total. The van der Waals surface area contributed by atoms with Gasteiger partial charge < -0.3 is 0 Å². The van der Waals surface area contributed by atoms with Crippen LogP contribution in [0.1, 0.15) is 5.56 Å². The number of rotatable bonds is 5. The van der Waals surface area contributed by atoms with E-state index in [9.17, 15) is 9.18 Å². The second kappa shape index (κ2) is 7.63. The summed E-state index contributed by atoms with van der Waals surface area (Å²) < 4.78 is 12.9. The van der Waals surface area contributed by atoms with Gasteiger partial charge in [0.1, 0.15) is 12.4 Å². The maximum atomic E-state index is 12.9. The van der Waals surface area contributed by atoms with Gasteiger partial charge in [0.2, 0.25) is 5.82 Å². The number of halogens is 2. The van der Waals surface area contributed by atoms with Crippen LogP contribution >= 0.6 is 11.6 Å². The molecule has 0 spiro atoms. The maximum Gasteiger partial charge on any atom is 0.263 e. The minimum absolute atomic E-state index is 0.159. The number of nitrogens with one attached hydrogen (secondary N) is 1. The predicted molar refractivity (Wildman–Crippen MR) is 90.4 cm³/mol. The largest absolute Gasteiger partial charge is 0.271 e. The van der Waals surface area contributed by atoms with Crippen LogP contribution in [0.4, 0.5) is 4.39 Å². The Labute approximate surface area is 147 Å². The van der Waals surface area contributed by atoms with Crippen LogP contribution in [0.15, 0.2) is 53.6 Å². The van der Waals surface area contributed by atoms with Gasteiger partial charge in [-0.15, -0.1) is 10.2 Å². The second-order valence-electron chi connectivity index (χ2n) is 4.97. The fourth-order valence-electron chi connectivity index (χ4n) is 1.94. The third-order valence-corrected chi connectivity index (χ3v) is 3.48. The van der Waals surface area contributed by atoms with E-state index in [-0.39, 0.29) is 12.4 Å². The fraction of sp³-hybridized carbons (Fsp3) is 0.0625. The normalized spacial score (nSPS) is 11.0. The van der Waals surface area contributed by atoms with Crippen molar-refractivity contribution in [3.63, 3.8) is 0 Å². The van der Waals surface area contributed by atoms with Crippen LogP contribution in [0.5, 0.6) is 0 Å². The Balaban J connectivity index is 1.58. The molecule has 0 aliphatic heterocycles. The average Bonchev–Trinajstić information content (AvgIpc) is 3.05. The van der Waals surface area contributed by atoms with Crippen LogP contribution in [0.25, 0.3) is 11.4 Å². The lowest BCUT2D eigenvalue weighted by Crippen LogP contribution is -2.24. The molecule has 0 saturated heterocycles. The first kappa shape index (κ1) is 16.7. The predicted octanol–water partition coefficient (Wildman–Crippen LogP) is 2.28. The molecule has 9 heteroatoms. The number of nitrogens with zero attached hydrogens (tertiary/aromatic N) is 5. The van der Waals surface area contributed by atoms with Gasteiger partial charge in [-0.3, -0.25) is 4.79 Å². The van der Waals surface area contributed by atoms with Crippen LogP contribution < -0.4 is 5.43 Å². The van der Waals surface area contributed by atoms with Gasteiger partial charge in [0.15, 0.2) is 0 Å². The van der Waals surface area contributed by atoms with Gasteiger partial charge in [-0.05, 0) is 35.5 Å². The molecule has 0 aliphatic rings. The van der Waals surface area contributed by atoms with Crippen molar-refractivity contribution < 1.29 is 9.18 Å². The molecule has 0 unspecified atom stereocenters. The topological polar surface area (TPSA) is 85.1 Å². The van der Waals surface area contributed by atoms with Crippen LogP contribution in [-0.2, 0) is 11.3 Å². The van der Waals surface area contributed by atoms with Gasteiger partial charge in [-0.2, -0.15) is 9.90 Å². The van der Waals surface area contributed by atoms with E-state index in [2.05, 4.69) is 25.9 Å². The van der Waals surface area contributed by atoms with Crippen LogP contribution in [0, 0.1) is 5.82 Å². The van der Waals surface area contributed by atoms with E-state index >= 15 is 0 Å². The van der Waals surface area contributed by atoms with E-state index in [0.29, 0.717) is 22.0 Å². The molecular formula is C16H12ClFN6O. The summed E-state index contributed by atoms with van der Waals surface area (Å²) >= 11 is 5.98. The summed E-state index contributed by atoms with van der Waals surface area (Å²) in [5.41, 5.74) is 3.64. The molecule has 0 radical (unpaired) electrons. The number of aromatic nitrogens is 4. The van der Waals surface area contributed by atoms with E-state index in [0.717, 1.165) is 4.80 Å². The van der Waals surface area contributed by atoms with Gasteiger partial charge in [-0.25, -0.2) is 9.82 Å². The van der Waals surface area contributed by atoms with E-state index in [1.165, 1.54) is 30.5 Å². The van der Waals surface area contributed by atoms with Crippen molar-refractivity contribution in [1.29, 1.82) is 0 Å². The Morgan fingerprint density at radius 3 is 2.76 bits per heavy atom. The molecule has 1 N–H and O–H groups in total. The summed E-state index contributed by atoms with van der Waals surface area (Å²) in [5, 5.41) is 16.0. The highest BCUT2D eigenvalue weighted by Crippen LogP contribution is 2.13. The number of hydrogen-bond acceptors (Lipinski definition) is 5. The summed E-state index contributed by atoms with van der Waals surface area (Å²) in [6.07, 6.45) is 1.44. The first-order chi connectivity index (χ1) is 12.1. The Kier molecular flexibility index (Phi) is 5.10. The zero-order valence-corrected chi connectivity index (χ0v) is 13.6. The van der Waals surface area contributed by atoms with Crippen molar-refractivity contribution in [3.8, 4) is 11.4 Å². The smallest absolute Gasteiger partial charge is 0.263 e. The third kappa shape index (κ3) is 4.45. The number of hydrogen-bond donors (Lipinski definition) is 1. The lowest BCUT2D eigenvalue weighted by atomic mass is 10.2. The molecule has 126 valence electrons. The van der Waals surface area contributed by atoms with Gasteiger partial charge in [-0.1, -0.05) is 29.8 Å². The molecule has 0 saturated carbocycles.